The zero-order valence-corrected chi connectivity index (χ0v) is 20.5. The zero-order chi connectivity index (χ0) is 20.4. The second-order valence-electron chi connectivity index (χ2n) is 8.60. The smallest absolute Gasteiger partial charge is 0.0542 e. The lowest BCUT2D eigenvalue weighted by Crippen LogP contribution is -1.84. The van der Waals surface area contributed by atoms with E-state index in [0.717, 1.165) is 6.54 Å². The molecule has 0 aromatic carbocycles. The standard InChI is InChI=1S/C23H48.C3H5NS/c1-3-5-7-9-11-13-15-17-19-21-23-22-20-18-16-14-12-10-8-6-4-2;1-2-5-3-4-1/h3-23H2,1-2H3;3H,1-2H2. The number of aliphatic imine (C=N–C) groups is 1. The van der Waals surface area contributed by atoms with Crippen LogP contribution in [-0.4, -0.2) is 17.8 Å². The van der Waals surface area contributed by atoms with Crippen LogP contribution in [0.4, 0.5) is 0 Å². The van der Waals surface area contributed by atoms with Gasteiger partial charge in [-0.3, -0.25) is 4.99 Å². The molecule has 0 atom stereocenters. The Morgan fingerprint density at radius 2 is 0.786 bits per heavy atom. The van der Waals surface area contributed by atoms with Crippen molar-refractivity contribution in [2.24, 2.45) is 4.99 Å². The lowest BCUT2D eigenvalue weighted by molar-refractivity contribution is 0.521. The molecule has 0 aromatic heterocycles. The summed E-state index contributed by atoms with van der Waals surface area (Å²) in [6.07, 6.45) is 30.9. The topological polar surface area (TPSA) is 12.4 Å². The third kappa shape index (κ3) is 26.0. The molecule has 0 radical (unpaired) electrons. The van der Waals surface area contributed by atoms with Gasteiger partial charge in [0.1, 0.15) is 0 Å². The first-order valence-corrected chi connectivity index (χ1v) is 14.1. The summed E-state index contributed by atoms with van der Waals surface area (Å²) >= 11 is 1.78. The molecular weight excluding hydrogens is 358 g/mol. The monoisotopic (exact) mass is 411 g/mol. The van der Waals surface area contributed by atoms with Crippen molar-refractivity contribution in [3.05, 3.63) is 0 Å². The average molecular weight is 412 g/mol. The van der Waals surface area contributed by atoms with Crippen LogP contribution in [0.2, 0.25) is 0 Å². The van der Waals surface area contributed by atoms with Gasteiger partial charge in [0.25, 0.3) is 0 Å². The largest absolute Gasteiger partial charge is 0.285 e. The van der Waals surface area contributed by atoms with Gasteiger partial charge in [-0.05, 0) is 0 Å². The van der Waals surface area contributed by atoms with Gasteiger partial charge in [0.2, 0.25) is 0 Å². The highest BCUT2D eigenvalue weighted by Gasteiger charge is 1.95. The molecule has 0 saturated carbocycles. The van der Waals surface area contributed by atoms with E-state index in [1.54, 1.807) is 11.8 Å². The highest BCUT2D eigenvalue weighted by Crippen LogP contribution is 2.14. The van der Waals surface area contributed by atoms with E-state index in [1.165, 1.54) is 141 Å². The first-order valence-electron chi connectivity index (χ1n) is 13.0. The van der Waals surface area contributed by atoms with Crippen LogP contribution >= 0.6 is 11.8 Å². The fourth-order valence-electron chi connectivity index (χ4n) is 3.77. The lowest BCUT2D eigenvalue weighted by atomic mass is 10.0. The van der Waals surface area contributed by atoms with Crippen molar-refractivity contribution in [1.29, 1.82) is 0 Å². The van der Waals surface area contributed by atoms with Gasteiger partial charge >= 0.3 is 0 Å². The molecule has 0 aliphatic carbocycles. The van der Waals surface area contributed by atoms with Crippen molar-refractivity contribution in [2.45, 2.75) is 149 Å². The molecule has 28 heavy (non-hydrogen) atoms. The maximum atomic E-state index is 3.92. The van der Waals surface area contributed by atoms with Crippen LogP contribution in [0.15, 0.2) is 4.99 Å². The SMILES string of the molecule is C1=NCCS1.CCCCCCCCCCCCCCCCCCCCCCC. The summed E-state index contributed by atoms with van der Waals surface area (Å²) < 4.78 is 0. The number of rotatable bonds is 20. The summed E-state index contributed by atoms with van der Waals surface area (Å²) in [5.41, 5.74) is 1.90. The van der Waals surface area contributed by atoms with E-state index in [4.69, 9.17) is 0 Å². The predicted octanol–water partition coefficient (Wildman–Crippen LogP) is 9.98. The number of hydrogen-bond donors (Lipinski definition) is 0. The van der Waals surface area contributed by atoms with Crippen molar-refractivity contribution in [1.82, 2.24) is 0 Å². The molecule has 2 heteroatoms. The third-order valence-corrected chi connectivity index (χ3v) is 6.41. The van der Waals surface area contributed by atoms with E-state index >= 15 is 0 Å². The Hall–Kier alpha value is 0.0200. The Morgan fingerprint density at radius 3 is 0.929 bits per heavy atom. The van der Waals surface area contributed by atoms with Gasteiger partial charge < -0.3 is 0 Å². The fraction of sp³-hybridized carbons (Fsp3) is 0.962. The predicted molar refractivity (Wildman–Crippen MR) is 134 cm³/mol. The van der Waals surface area contributed by atoms with E-state index in [-0.39, 0.29) is 0 Å². The molecule has 168 valence electrons. The van der Waals surface area contributed by atoms with Crippen molar-refractivity contribution >= 4 is 17.3 Å². The minimum Gasteiger partial charge on any atom is -0.285 e. The molecule has 0 bridgehead atoms. The van der Waals surface area contributed by atoms with Crippen LogP contribution < -0.4 is 0 Å². The summed E-state index contributed by atoms with van der Waals surface area (Å²) in [4.78, 5) is 3.92. The highest BCUT2D eigenvalue weighted by molar-refractivity contribution is 8.12. The normalized spacial score (nSPS) is 12.9. The quantitative estimate of drug-likeness (QED) is 0.181. The van der Waals surface area contributed by atoms with E-state index in [0.29, 0.717) is 0 Å². The molecule has 0 aromatic rings. The average Bonchev–Trinajstić information content (AvgIpc) is 3.30. The molecule has 0 amide bonds. The Balaban J connectivity index is 0.00000125. The Bertz CT molecular complexity index is 264. The van der Waals surface area contributed by atoms with Crippen LogP contribution in [-0.2, 0) is 0 Å². The van der Waals surface area contributed by atoms with Gasteiger partial charge in [-0.15, -0.1) is 11.8 Å². The maximum absolute atomic E-state index is 3.92. The van der Waals surface area contributed by atoms with Crippen LogP contribution in [0.5, 0.6) is 0 Å². The molecule has 1 aliphatic rings. The number of unbranched alkanes of at least 4 members (excludes halogenated alkanes) is 20. The summed E-state index contributed by atoms with van der Waals surface area (Å²) in [5, 5.41) is 0. The zero-order valence-electron chi connectivity index (χ0n) is 19.7. The van der Waals surface area contributed by atoms with E-state index in [2.05, 4.69) is 18.8 Å². The maximum Gasteiger partial charge on any atom is 0.0542 e. The van der Waals surface area contributed by atoms with Crippen LogP contribution in [0.3, 0.4) is 0 Å². The number of nitrogens with zero attached hydrogens (tertiary/aromatic N) is 1. The number of hydrogen-bond acceptors (Lipinski definition) is 2. The van der Waals surface area contributed by atoms with Crippen molar-refractivity contribution in [3.63, 3.8) is 0 Å². The summed E-state index contributed by atoms with van der Waals surface area (Å²) in [5.74, 6) is 1.19. The molecule has 1 aliphatic heterocycles. The van der Waals surface area contributed by atoms with Gasteiger partial charge in [-0.25, -0.2) is 0 Å². The van der Waals surface area contributed by atoms with Gasteiger partial charge in [0.15, 0.2) is 0 Å². The highest BCUT2D eigenvalue weighted by atomic mass is 32.2. The van der Waals surface area contributed by atoms with E-state index in [1.807, 2.05) is 5.55 Å². The molecule has 1 rings (SSSR count). The second-order valence-corrected chi connectivity index (χ2v) is 9.55. The first kappa shape index (κ1) is 28.0. The van der Waals surface area contributed by atoms with E-state index in [9.17, 15) is 0 Å². The van der Waals surface area contributed by atoms with Crippen LogP contribution in [0.25, 0.3) is 0 Å². The summed E-state index contributed by atoms with van der Waals surface area (Å²) in [6, 6.07) is 0. The first-order chi connectivity index (χ1) is 13.9. The summed E-state index contributed by atoms with van der Waals surface area (Å²) in [7, 11) is 0. The molecule has 0 N–H and O–H groups in total. The molecule has 0 fully saturated rings. The van der Waals surface area contributed by atoms with Crippen molar-refractivity contribution in [2.75, 3.05) is 12.3 Å². The molecular formula is C26H53NS. The van der Waals surface area contributed by atoms with Gasteiger partial charge in [-0.1, -0.05) is 149 Å². The minimum atomic E-state index is 1.03. The number of thioether (sulfide) groups is 1. The van der Waals surface area contributed by atoms with E-state index < -0.39 is 0 Å². The Kier molecular flexibility index (Phi) is 27.0. The fourth-order valence-corrected chi connectivity index (χ4v) is 4.30. The van der Waals surface area contributed by atoms with Gasteiger partial charge in [0, 0.05) is 12.3 Å². The summed E-state index contributed by atoms with van der Waals surface area (Å²) in [6.45, 7) is 5.63. The molecule has 1 nitrogen and oxygen atoms in total. The molecule has 1 heterocycles. The van der Waals surface area contributed by atoms with Crippen molar-refractivity contribution in [3.8, 4) is 0 Å². The van der Waals surface area contributed by atoms with Crippen LogP contribution in [0, 0.1) is 0 Å². The second kappa shape index (κ2) is 27.0. The van der Waals surface area contributed by atoms with Gasteiger partial charge in [0.05, 0.1) is 5.55 Å². The minimum absolute atomic E-state index is 1.03. The Morgan fingerprint density at radius 1 is 0.500 bits per heavy atom. The third-order valence-electron chi connectivity index (χ3n) is 5.69. The van der Waals surface area contributed by atoms with Crippen molar-refractivity contribution < 1.29 is 0 Å². The van der Waals surface area contributed by atoms with Crippen LogP contribution in [0.1, 0.15) is 149 Å². The Labute approximate surface area is 183 Å². The lowest BCUT2D eigenvalue weighted by Gasteiger charge is -2.04. The molecule has 0 spiro atoms. The van der Waals surface area contributed by atoms with Gasteiger partial charge in [-0.2, -0.15) is 0 Å². The molecule has 0 unspecified atom stereocenters. The molecule has 0 saturated heterocycles.